The van der Waals surface area contributed by atoms with E-state index in [1.807, 2.05) is 12.1 Å². The highest BCUT2D eigenvalue weighted by atomic mass is 79.9. The van der Waals surface area contributed by atoms with Crippen LogP contribution in [0.15, 0.2) is 83.9 Å². The zero-order valence-corrected chi connectivity index (χ0v) is 24.7. The number of nitro benzene ring substituents is 1. The van der Waals surface area contributed by atoms with Crippen molar-refractivity contribution in [2.75, 3.05) is 6.61 Å². The lowest BCUT2D eigenvalue weighted by Crippen LogP contribution is -2.26. The number of esters is 1. The number of benzene rings is 3. The van der Waals surface area contributed by atoms with E-state index in [9.17, 15) is 19.7 Å². The molecule has 11 nitrogen and oxygen atoms in total. The second kappa shape index (κ2) is 11.6. The normalized spacial score (nSPS) is 12.2. The van der Waals surface area contributed by atoms with Crippen molar-refractivity contribution in [2.24, 2.45) is 5.10 Å². The number of hydrogen-bond acceptors (Lipinski definition) is 9. The summed E-state index contributed by atoms with van der Waals surface area (Å²) in [6, 6.07) is 16.8. The molecule has 0 aliphatic heterocycles. The summed E-state index contributed by atoms with van der Waals surface area (Å²) in [6.45, 7) is 3.22. The van der Waals surface area contributed by atoms with Gasteiger partial charge in [-0.05, 0) is 72.2 Å². The summed E-state index contributed by atoms with van der Waals surface area (Å²) in [5.41, 5.74) is 0.452. The first-order chi connectivity index (χ1) is 19.7. The Morgan fingerprint density at radius 3 is 2.73 bits per heavy atom. The number of ether oxygens (including phenoxy) is 2. The molecule has 2 aromatic heterocycles. The molecular weight excluding hydrogens is 664 g/mol. The molecule has 0 amide bonds. The molecule has 0 radical (unpaired) electrons. The fraction of sp³-hybridized carbons (Fsp3) is 0.143. The number of aromatic nitrogens is 2. The number of halogens is 2. The highest BCUT2D eigenvalue weighted by Crippen LogP contribution is 2.37. The number of fused-ring (bicyclic) bond motifs is 2. The molecule has 0 N–H and O–H groups in total. The summed E-state index contributed by atoms with van der Waals surface area (Å²) < 4.78 is 18.6. The van der Waals surface area contributed by atoms with Gasteiger partial charge in [-0.3, -0.25) is 14.9 Å². The maximum Gasteiger partial charge on any atom is 0.347 e. The summed E-state index contributed by atoms with van der Waals surface area (Å²) in [7, 11) is 0. The topological polar surface area (TPSA) is 139 Å². The van der Waals surface area contributed by atoms with Crippen LogP contribution in [-0.4, -0.2) is 39.5 Å². The Morgan fingerprint density at radius 1 is 1.20 bits per heavy atom. The Bertz CT molecular complexity index is 1920. The predicted molar refractivity (Wildman–Crippen MR) is 159 cm³/mol. The van der Waals surface area contributed by atoms with Gasteiger partial charge in [-0.15, -0.1) is 0 Å². The Morgan fingerprint density at radius 2 is 1.98 bits per heavy atom. The molecule has 0 saturated carbocycles. The number of rotatable bonds is 8. The van der Waals surface area contributed by atoms with Gasteiger partial charge in [0.05, 0.1) is 33.1 Å². The molecule has 0 aliphatic rings. The molecule has 3 aromatic carbocycles. The SMILES string of the molecule is CCOC(=O)[C@H](C)Oc1c(Br)cc(C=Nn2c(-c3cc4cc(Br)ccc4o3)nc3ccccc3c2=O)cc1[N+](=O)[O-]. The van der Waals surface area contributed by atoms with Crippen LogP contribution in [0.25, 0.3) is 33.5 Å². The third-order valence-electron chi connectivity index (χ3n) is 5.93. The quantitative estimate of drug-likeness (QED) is 0.0786. The molecule has 0 saturated heterocycles. The summed E-state index contributed by atoms with van der Waals surface area (Å²) in [5, 5.41) is 17.4. The number of hydrogen-bond donors (Lipinski definition) is 0. The number of para-hydroxylation sites is 1. The van der Waals surface area contributed by atoms with Gasteiger partial charge in [-0.25, -0.2) is 9.78 Å². The second-order valence-corrected chi connectivity index (χ2v) is 10.5. The lowest BCUT2D eigenvalue weighted by Gasteiger charge is -2.15. The van der Waals surface area contributed by atoms with Gasteiger partial charge >= 0.3 is 11.7 Å². The third-order valence-corrected chi connectivity index (χ3v) is 7.01. The van der Waals surface area contributed by atoms with E-state index < -0.39 is 28.2 Å². The summed E-state index contributed by atoms with van der Waals surface area (Å²) in [4.78, 5) is 41.4. The van der Waals surface area contributed by atoms with Gasteiger partial charge in [0.2, 0.25) is 11.6 Å². The lowest BCUT2D eigenvalue weighted by atomic mass is 10.2. The molecule has 41 heavy (non-hydrogen) atoms. The van der Waals surface area contributed by atoms with Crippen LogP contribution in [0.2, 0.25) is 0 Å². The van der Waals surface area contributed by atoms with Crippen LogP contribution in [0, 0.1) is 10.1 Å². The van der Waals surface area contributed by atoms with Gasteiger partial charge in [0.25, 0.3) is 5.56 Å². The van der Waals surface area contributed by atoms with Crippen molar-refractivity contribution in [3.05, 3.63) is 95.6 Å². The maximum absolute atomic E-state index is 13.5. The molecule has 0 spiro atoms. The van der Waals surface area contributed by atoms with Crippen molar-refractivity contribution in [3.8, 4) is 17.3 Å². The molecule has 5 aromatic rings. The Hall–Kier alpha value is -4.36. The van der Waals surface area contributed by atoms with Crippen molar-refractivity contribution < 1.29 is 23.6 Å². The van der Waals surface area contributed by atoms with Crippen LogP contribution >= 0.6 is 31.9 Å². The molecule has 5 rings (SSSR count). The summed E-state index contributed by atoms with van der Waals surface area (Å²) in [5.74, 6) is -0.352. The highest BCUT2D eigenvalue weighted by Gasteiger charge is 2.25. The van der Waals surface area contributed by atoms with Crippen LogP contribution < -0.4 is 10.3 Å². The van der Waals surface area contributed by atoms with Crippen molar-refractivity contribution in [1.29, 1.82) is 0 Å². The average Bonchev–Trinajstić information content (AvgIpc) is 3.36. The van der Waals surface area contributed by atoms with Crippen LogP contribution in [0.1, 0.15) is 19.4 Å². The molecule has 0 fully saturated rings. The molecule has 2 heterocycles. The molecular formula is C28H20Br2N4O7. The van der Waals surface area contributed by atoms with Gasteiger partial charge in [0, 0.05) is 21.5 Å². The minimum absolute atomic E-state index is 0.141. The van der Waals surface area contributed by atoms with Crippen LogP contribution in [0.5, 0.6) is 5.75 Å². The Kier molecular flexibility index (Phi) is 7.99. The predicted octanol–water partition coefficient (Wildman–Crippen LogP) is 6.46. The van der Waals surface area contributed by atoms with E-state index in [-0.39, 0.29) is 28.2 Å². The summed E-state index contributed by atoms with van der Waals surface area (Å²) in [6.07, 6.45) is 0.204. The second-order valence-electron chi connectivity index (χ2n) is 8.73. The average molecular weight is 684 g/mol. The van der Waals surface area contributed by atoms with Gasteiger partial charge < -0.3 is 13.9 Å². The number of carbonyl (C=O) groups is 1. The van der Waals surface area contributed by atoms with E-state index in [0.29, 0.717) is 22.2 Å². The smallest absolute Gasteiger partial charge is 0.347 e. The first-order valence-corrected chi connectivity index (χ1v) is 13.8. The van der Waals surface area contributed by atoms with Gasteiger partial charge in [0.15, 0.2) is 11.9 Å². The minimum atomic E-state index is -1.08. The van der Waals surface area contributed by atoms with Crippen LogP contribution in [0.3, 0.4) is 0 Å². The number of nitrogens with zero attached hydrogens (tertiary/aromatic N) is 4. The lowest BCUT2D eigenvalue weighted by molar-refractivity contribution is -0.386. The summed E-state index contributed by atoms with van der Waals surface area (Å²) >= 11 is 6.73. The standard InChI is InChI=1S/C28H20Br2N4O7/c1-3-39-28(36)15(2)40-25-20(30)10-16(11-22(25)34(37)38)14-31-33-26(32-21-7-5-4-6-19(21)27(33)35)24-13-17-12-18(29)8-9-23(17)41-24/h4-15H,3H2,1-2H3/t15-/m0/s1. The Balaban J connectivity index is 1.61. The molecule has 0 aliphatic carbocycles. The fourth-order valence-corrected chi connectivity index (χ4v) is 4.99. The number of nitro groups is 1. The van der Waals surface area contributed by atoms with Crippen LogP contribution in [-0.2, 0) is 9.53 Å². The first kappa shape index (κ1) is 28.2. The minimum Gasteiger partial charge on any atom is -0.471 e. The van der Waals surface area contributed by atoms with E-state index in [0.717, 1.165) is 14.5 Å². The zero-order chi connectivity index (χ0) is 29.3. The number of carbonyl (C=O) groups excluding carboxylic acids is 1. The molecule has 13 heteroatoms. The van der Waals surface area contributed by atoms with E-state index in [4.69, 9.17) is 13.9 Å². The van der Waals surface area contributed by atoms with Gasteiger partial charge in [-0.1, -0.05) is 28.1 Å². The van der Waals surface area contributed by atoms with Gasteiger partial charge in [-0.2, -0.15) is 9.78 Å². The van der Waals surface area contributed by atoms with Gasteiger partial charge in [0.1, 0.15) is 5.58 Å². The molecule has 1 atom stereocenters. The van der Waals surface area contributed by atoms with Crippen molar-refractivity contribution in [2.45, 2.75) is 20.0 Å². The van der Waals surface area contributed by atoms with E-state index in [1.54, 1.807) is 43.3 Å². The van der Waals surface area contributed by atoms with Crippen LogP contribution in [0.4, 0.5) is 5.69 Å². The van der Waals surface area contributed by atoms with E-state index in [2.05, 4.69) is 41.9 Å². The maximum atomic E-state index is 13.5. The van der Waals surface area contributed by atoms with Crippen molar-refractivity contribution >= 4 is 71.6 Å². The monoisotopic (exact) mass is 682 g/mol. The highest BCUT2D eigenvalue weighted by molar-refractivity contribution is 9.10. The third kappa shape index (κ3) is 5.77. The largest absolute Gasteiger partial charge is 0.471 e. The van der Waals surface area contributed by atoms with Crippen molar-refractivity contribution in [1.82, 2.24) is 9.66 Å². The van der Waals surface area contributed by atoms with Crippen molar-refractivity contribution in [3.63, 3.8) is 0 Å². The molecule has 0 bridgehead atoms. The fourth-order valence-electron chi connectivity index (χ4n) is 4.05. The van der Waals surface area contributed by atoms with E-state index >= 15 is 0 Å². The molecule has 0 unspecified atom stereocenters. The zero-order valence-electron chi connectivity index (χ0n) is 21.5. The van der Waals surface area contributed by atoms with E-state index in [1.165, 1.54) is 25.3 Å². The number of furan rings is 1. The first-order valence-electron chi connectivity index (χ1n) is 12.2. The Labute approximate surface area is 248 Å². The molecule has 208 valence electrons.